The van der Waals surface area contributed by atoms with Gasteiger partial charge >= 0.3 is 0 Å². The van der Waals surface area contributed by atoms with Gasteiger partial charge in [-0.2, -0.15) is 0 Å². The molecule has 0 saturated carbocycles. The Hall–Kier alpha value is -1.44. The van der Waals surface area contributed by atoms with Crippen LogP contribution in [-0.2, 0) is 0 Å². The summed E-state index contributed by atoms with van der Waals surface area (Å²) < 4.78 is 0. The average molecular weight is 133 g/mol. The summed E-state index contributed by atoms with van der Waals surface area (Å²) in [7, 11) is 0. The zero-order chi connectivity index (χ0) is 7.40. The lowest BCUT2D eigenvalue weighted by molar-refractivity contribution is -0.109. The second kappa shape index (κ2) is 2.92. The van der Waals surface area contributed by atoms with Gasteiger partial charge in [0.2, 0.25) is 5.71 Å². The topological polar surface area (TPSA) is 49.4 Å². The van der Waals surface area contributed by atoms with Gasteiger partial charge in [0.25, 0.3) is 0 Å². The lowest BCUT2D eigenvalue weighted by atomic mass is 10.1. The van der Waals surface area contributed by atoms with E-state index in [2.05, 4.69) is 0 Å². The highest BCUT2D eigenvalue weighted by Crippen LogP contribution is 1.95. The number of rotatable bonds is 2. The Kier molecular flexibility index (Phi) is 1.95. The SMILES string of the molecule is N=CC(=[NH2+])c1ccccc1. The molecule has 50 valence electrons. The maximum Gasteiger partial charge on any atom is 0.221 e. The second-order valence-corrected chi connectivity index (χ2v) is 1.97. The van der Waals surface area contributed by atoms with Crippen LogP contribution in [0.1, 0.15) is 5.56 Å². The van der Waals surface area contributed by atoms with Gasteiger partial charge in [0.05, 0.1) is 6.21 Å². The smallest absolute Gasteiger partial charge is 0.221 e. The normalized spacial score (nSPS) is 8.80. The number of hydrogen-bond acceptors (Lipinski definition) is 1. The molecule has 1 rings (SSSR count). The molecule has 1 aromatic rings. The van der Waals surface area contributed by atoms with Crippen LogP contribution in [0.3, 0.4) is 0 Å². The minimum absolute atomic E-state index is 0.501. The summed E-state index contributed by atoms with van der Waals surface area (Å²) in [6, 6.07) is 9.46. The van der Waals surface area contributed by atoms with Crippen LogP contribution in [-0.4, -0.2) is 11.9 Å². The minimum Gasteiger partial charge on any atom is -0.302 e. The van der Waals surface area contributed by atoms with Gasteiger partial charge in [-0.25, -0.2) is 0 Å². The number of hydrogen-bond donors (Lipinski definition) is 2. The highest BCUT2D eigenvalue weighted by molar-refractivity contribution is 6.34. The van der Waals surface area contributed by atoms with Gasteiger partial charge in [0.1, 0.15) is 0 Å². The van der Waals surface area contributed by atoms with E-state index in [4.69, 9.17) is 10.8 Å². The molecule has 1 aromatic carbocycles. The summed E-state index contributed by atoms with van der Waals surface area (Å²) in [6.45, 7) is 0. The van der Waals surface area contributed by atoms with Crippen molar-refractivity contribution in [1.82, 2.24) is 0 Å². The van der Waals surface area contributed by atoms with Gasteiger partial charge in [-0.3, -0.25) is 5.41 Å². The second-order valence-electron chi connectivity index (χ2n) is 1.97. The Morgan fingerprint density at radius 2 is 1.90 bits per heavy atom. The minimum atomic E-state index is 0.501. The Morgan fingerprint density at radius 1 is 1.30 bits per heavy atom. The van der Waals surface area contributed by atoms with E-state index in [-0.39, 0.29) is 0 Å². The van der Waals surface area contributed by atoms with E-state index in [1.54, 1.807) is 0 Å². The van der Waals surface area contributed by atoms with E-state index in [0.29, 0.717) is 5.71 Å². The molecule has 0 spiro atoms. The zero-order valence-corrected chi connectivity index (χ0v) is 5.54. The zero-order valence-electron chi connectivity index (χ0n) is 5.54. The number of benzene rings is 1. The summed E-state index contributed by atoms with van der Waals surface area (Å²) in [4.78, 5) is 0. The molecule has 2 heteroatoms. The third kappa shape index (κ3) is 1.29. The number of nitrogens with one attached hydrogen (secondary N) is 1. The third-order valence-corrected chi connectivity index (χ3v) is 1.26. The first kappa shape index (κ1) is 6.68. The molecule has 0 aliphatic rings. The molecular weight excluding hydrogens is 124 g/mol. The van der Waals surface area contributed by atoms with Crippen LogP contribution in [0.25, 0.3) is 0 Å². The molecule has 10 heavy (non-hydrogen) atoms. The highest BCUT2D eigenvalue weighted by atomic mass is 14.5. The van der Waals surface area contributed by atoms with Crippen LogP contribution in [0.2, 0.25) is 0 Å². The van der Waals surface area contributed by atoms with Crippen molar-refractivity contribution in [2.75, 3.05) is 0 Å². The summed E-state index contributed by atoms with van der Waals surface area (Å²) in [5, 5.41) is 12.3. The van der Waals surface area contributed by atoms with E-state index in [1.807, 2.05) is 30.3 Å². The predicted molar refractivity (Wildman–Crippen MR) is 41.3 cm³/mol. The maximum absolute atomic E-state index is 6.86. The van der Waals surface area contributed by atoms with Gasteiger partial charge in [-0.05, 0) is 12.1 Å². The number of nitrogens with two attached hydrogens (primary N) is 1. The third-order valence-electron chi connectivity index (χ3n) is 1.26. The van der Waals surface area contributed by atoms with Crippen molar-refractivity contribution in [3.05, 3.63) is 35.9 Å². The molecule has 0 aromatic heterocycles. The van der Waals surface area contributed by atoms with Crippen molar-refractivity contribution in [3.63, 3.8) is 0 Å². The van der Waals surface area contributed by atoms with Crippen molar-refractivity contribution < 1.29 is 5.41 Å². The Morgan fingerprint density at radius 3 is 2.40 bits per heavy atom. The van der Waals surface area contributed by atoms with E-state index < -0.39 is 0 Å². The van der Waals surface area contributed by atoms with Crippen molar-refractivity contribution in [2.24, 2.45) is 0 Å². The molecule has 0 heterocycles. The first-order valence-electron chi connectivity index (χ1n) is 3.03. The fourth-order valence-corrected chi connectivity index (χ4v) is 0.714. The van der Waals surface area contributed by atoms with Gasteiger partial charge in [0, 0.05) is 5.56 Å². The standard InChI is InChI=1S/C8H8N2/c9-6-8(10)7-4-2-1-3-5-7/h1-6,9-10H/p+1. The summed E-state index contributed by atoms with van der Waals surface area (Å²) in [6.07, 6.45) is 1.15. The fourth-order valence-electron chi connectivity index (χ4n) is 0.714. The quantitative estimate of drug-likeness (QED) is 0.529. The van der Waals surface area contributed by atoms with Gasteiger partial charge in [-0.15, -0.1) is 0 Å². The molecule has 2 nitrogen and oxygen atoms in total. The highest BCUT2D eigenvalue weighted by Gasteiger charge is 1.98. The fraction of sp³-hybridized carbons (Fsp3) is 0. The monoisotopic (exact) mass is 133 g/mol. The van der Waals surface area contributed by atoms with Crippen molar-refractivity contribution in [3.8, 4) is 0 Å². The van der Waals surface area contributed by atoms with Crippen molar-refractivity contribution >= 4 is 11.9 Å². The molecule has 0 bridgehead atoms. The molecule has 0 aliphatic heterocycles. The van der Waals surface area contributed by atoms with Crippen LogP contribution in [0.4, 0.5) is 0 Å². The molecule has 0 unspecified atom stereocenters. The first-order valence-corrected chi connectivity index (χ1v) is 3.03. The molecular formula is C8H9N2+. The van der Waals surface area contributed by atoms with Crippen LogP contribution in [0.15, 0.2) is 30.3 Å². The Labute approximate surface area is 59.5 Å². The van der Waals surface area contributed by atoms with E-state index in [9.17, 15) is 0 Å². The molecule has 3 N–H and O–H groups in total. The van der Waals surface area contributed by atoms with E-state index in [0.717, 1.165) is 11.8 Å². The van der Waals surface area contributed by atoms with Crippen LogP contribution in [0, 0.1) is 5.41 Å². The average Bonchev–Trinajstić information content (AvgIpc) is 2.05. The molecule has 0 aliphatic carbocycles. The largest absolute Gasteiger partial charge is 0.302 e. The molecule has 0 fully saturated rings. The van der Waals surface area contributed by atoms with Crippen molar-refractivity contribution in [2.45, 2.75) is 0 Å². The lowest BCUT2D eigenvalue weighted by Gasteiger charge is -1.88. The van der Waals surface area contributed by atoms with E-state index >= 15 is 0 Å². The molecule has 0 radical (unpaired) electrons. The Balaban J connectivity index is 2.95. The van der Waals surface area contributed by atoms with Gasteiger partial charge < -0.3 is 5.41 Å². The predicted octanol–water partition coefficient (Wildman–Crippen LogP) is -0.116. The molecule has 0 atom stereocenters. The summed E-state index contributed by atoms with van der Waals surface area (Å²) >= 11 is 0. The van der Waals surface area contributed by atoms with Crippen molar-refractivity contribution in [1.29, 1.82) is 5.41 Å². The van der Waals surface area contributed by atoms with Crippen LogP contribution in [0.5, 0.6) is 0 Å². The summed E-state index contributed by atoms with van der Waals surface area (Å²) in [5.41, 5.74) is 1.40. The summed E-state index contributed by atoms with van der Waals surface area (Å²) in [5.74, 6) is 0. The van der Waals surface area contributed by atoms with Gasteiger partial charge in [0.15, 0.2) is 0 Å². The lowest BCUT2D eigenvalue weighted by Crippen LogP contribution is -2.41. The molecule has 0 saturated heterocycles. The first-order chi connectivity index (χ1) is 4.84. The van der Waals surface area contributed by atoms with Gasteiger partial charge in [-0.1, -0.05) is 18.2 Å². The maximum atomic E-state index is 6.86. The Bertz CT molecular complexity index is 239. The molecule has 0 amide bonds. The van der Waals surface area contributed by atoms with E-state index in [1.165, 1.54) is 0 Å². The van der Waals surface area contributed by atoms with Crippen LogP contribution >= 0.6 is 0 Å². The van der Waals surface area contributed by atoms with Crippen LogP contribution < -0.4 is 5.41 Å².